The maximum absolute atomic E-state index is 11.1. The van der Waals surface area contributed by atoms with E-state index in [0.29, 0.717) is 5.95 Å². The van der Waals surface area contributed by atoms with Crippen LogP contribution >= 0.6 is 0 Å². The number of fused-ring (bicyclic) bond motifs is 1. The molecular weight excluding hydrogens is 262 g/mol. The second-order valence-electron chi connectivity index (χ2n) is 4.18. The molecule has 0 radical (unpaired) electrons. The maximum atomic E-state index is 11.1. The Morgan fingerprint density at radius 2 is 2.15 bits per heavy atom. The van der Waals surface area contributed by atoms with Gasteiger partial charge in [0, 0.05) is 0 Å². The first-order valence-electron chi connectivity index (χ1n) is 5.83. The van der Waals surface area contributed by atoms with E-state index in [9.17, 15) is 4.79 Å². The van der Waals surface area contributed by atoms with Crippen LogP contribution in [-0.2, 0) is 4.79 Å². The number of hydrogen-bond donors (Lipinski definition) is 2. The van der Waals surface area contributed by atoms with Crippen LogP contribution in [0.25, 0.3) is 0 Å². The number of tetrazole rings is 1. The van der Waals surface area contributed by atoms with Crippen molar-refractivity contribution in [2.75, 3.05) is 12.4 Å². The van der Waals surface area contributed by atoms with Crippen LogP contribution in [-0.4, -0.2) is 38.4 Å². The smallest absolute Gasteiger partial charge is 0.352 e. The number of ether oxygens (including phenoxy) is 1. The van der Waals surface area contributed by atoms with Gasteiger partial charge in [0.25, 0.3) is 0 Å². The van der Waals surface area contributed by atoms with E-state index in [1.54, 1.807) is 25.3 Å². The molecule has 2 N–H and O–H groups in total. The normalized spacial score (nSPS) is 16.9. The summed E-state index contributed by atoms with van der Waals surface area (Å²) in [6.45, 7) is 0. The van der Waals surface area contributed by atoms with Gasteiger partial charge in [-0.3, -0.25) is 0 Å². The van der Waals surface area contributed by atoms with Gasteiger partial charge in [0.05, 0.1) is 7.11 Å². The van der Waals surface area contributed by atoms with Crippen LogP contribution in [0.15, 0.2) is 36.0 Å². The van der Waals surface area contributed by atoms with Gasteiger partial charge in [-0.25, -0.2) is 4.79 Å². The topological polar surface area (TPSA) is 102 Å². The van der Waals surface area contributed by atoms with Crippen LogP contribution in [0, 0.1) is 0 Å². The average molecular weight is 273 g/mol. The van der Waals surface area contributed by atoms with Gasteiger partial charge in [-0.15, -0.1) is 0 Å². The number of benzene rings is 1. The number of nitrogens with one attached hydrogen (secondary N) is 1. The summed E-state index contributed by atoms with van der Waals surface area (Å²) in [7, 11) is 1.58. The molecule has 1 aliphatic rings. The van der Waals surface area contributed by atoms with Crippen LogP contribution in [0.1, 0.15) is 11.6 Å². The van der Waals surface area contributed by atoms with Crippen LogP contribution in [0.4, 0.5) is 5.95 Å². The SMILES string of the molecule is COc1ccc([C@@H]2C=C(C(=O)O)Nc3nnnn32)cc1. The molecule has 0 amide bonds. The van der Waals surface area contributed by atoms with Crippen molar-refractivity contribution >= 4 is 11.9 Å². The molecule has 102 valence electrons. The third kappa shape index (κ3) is 1.96. The molecular formula is C12H11N5O3. The second kappa shape index (κ2) is 4.65. The fourth-order valence-corrected chi connectivity index (χ4v) is 2.02. The summed E-state index contributed by atoms with van der Waals surface area (Å²) in [6, 6.07) is 6.91. The molecule has 0 fully saturated rings. The minimum absolute atomic E-state index is 0.0492. The molecule has 2 heterocycles. The van der Waals surface area contributed by atoms with Crippen molar-refractivity contribution in [1.82, 2.24) is 20.2 Å². The van der Waals surface area contributed by atoms with Crippen molar-refractivity contribution in [2.45, 2.75) is 6.04 Å². The Hall–Kier alpha value is -2.90. The predicted molar refractivity (Wildman–Crippen MR) is 68.3 cm³/mol. The molecule has 1 aromatic carbocycles. The first-order chi connectivity index (χ1) is 9.69. The quantitative estimate of drug-likeness (QED) is 0.847. The minimum Gasteiger partial charge on any atom is -0.497 e. The number of aromatic nitrogens is 4. The molecule has 8 nitrogen and oxygen atoms in total. The fourth-order valence-electron chi connectivity index (χ4n) is 2.02. The second-order valence-corrected chi connectivity index (χ2v) is 4.18. The number of allylic oxidation sites excluding steroid dienone is 1. The summed E-state index contributed by atoms with van der Waals surface area (Å²) in [5, 5.41) is 23.0. The first kappa shape index (κ1) is 12.2. The third-order valence-corrected chi connectivity index (χ3v) is 3.02. The van der Waals surface area contributed by atoms with Gasteiger partial charge in [0.15, 0.2) is 0 Å². The standard InChI is InChI=1S/C12H11N5O3/c1-20-8-4-2-7(3-5-8)10-6-9(11(18)19)13-12-14-15-16-17(10)12/h2-6,10H,1H3,(H,18,19)(H,13,14,16)/t10-/m0/s1. The number of anilines is 1. The lowest BCUT2D eigenvalue weighted by Gasteiger charge is -2.21. The maximum Gasteiger partial charge on any atom is 0.352 e. The molecule has 0 saturated carbocycles. The number of rotatable bonds is 3. The fraction of sp³-hybridized carbons (Fsp3) is 0.167. The highest BCUT2D eigenvalue weighted by molar-refractivity contribution is 5.90. The molecule has 0 spiro atoms. The molecule has 1 aromatic heterocycles. The number of carbonyl (C=O) groups is 1. The Morgan fingerprint density at radius 3 is 2.80 bits per heavy atom. The number of methoxy groups -OCH3 is 1. The van der Waals surface area contributed by atoms with E-state index >= 15 is 0 Å². The van der Waals surface area contributed by atoms with Crippen LogP contribution in [0.2, 0.25) is 0 Å². The van der Waals surface area contributed by atoms with Crippen LogP contribution in [0.3, 0.4) is 0 Å². The monoisotopic (exact) mass is 273 g/mol. The van der Waals surface area contributed by atoms with Gasteiger partial charge in [0.1, 0.15) is 17.5 Å². The summed E-state index contributed by atoms with van der Waals surface area (Å²) >= 11 is 0. The predicted octanol–water partition coefficient (Wildman–Crippen LogP) is 0.665. The van der Waals surface area contributed by atoms with Gasteiger partial charge in [-0.2, -0.15) is 4.68 Å². The van der Waals surface area contributed by atoms with Gasteiger partial charge in [-0.1, -0.05) is 17.2 Å². The summed E-state index contributed by atoms with van der Waals surface area (Å²) in [6.07, 6.45) is 1.56. The molecule has 20 heavy (non-hydrogen) atoms. The zero-order valence-corrected chi connectivity index (χ0v) is 10.5. The average Bonchev–Trinajstić information content (AvgIpc) is 2.94. The molecule has 2 aromatic rings. The van der Waals surface area contributed by atoms with Gasteiger partial charge >= 0.3 is 5.97 Å². The highest BCUT2D eigenvalue weighted by atomic mass is 16.5. The van der Waals surface area contributed by atoms with Crippen molar-refractivity contribution in [1.29, 1.82) is 0 Å². The summed E-state index contributed by atoms with van der Waals surface area (Å²) in [5.74, 6) is -0.0365. The molecule has 8 heteroatoms. The number of aliphatic carboxylic acids is 1. The van der Waals surface area contributed by atoms with Gasteiger partial charge < -0.3 is 15.2 Å². The summed E-state index contributed by atoms with van der Waals surface area (Å²) in [5.41, 5.74) is 0.910. The Labute approximate surface area is 113 Å². The molecule has 0 saturated heterocycles. The first-order valence-corrected chi connectivity index (χ1v) is 5.83. The third-order valence-electron chi connectivity index (χ3n) is 3.02. The van der Waals surface area contributed by atoms with E-state index in [1.807, 2.05) is 12.1 Å². The van der Waals surface area contributed by atoms with E-state index < -0.39 is 5.97 Å². The number of nitrogens with zero attached hydrogens (tertiary/aromatic N) is 4. The highest BCUT2D eigenvalue weighted by Gasteiger charge is 2.26. The van der Waals surface area contributed by atoms with E-state index in [1.165, 1.54) is 4.68 Å². The molecule has 0 unspecified atom stereocenters. The minimum atomic E-state index is -1.06. The van der Waals surface area contributed by atoms with Crippen molar-refractivity contribution in [3.05, 3.63) is 41.6 Å². The molecule has 1 aliphatic heterocycles. The molecule has 1 atom stereocenters. The largest absolute Gasteiger partial charge is 0.497 e. The zero-order valence-electron chi connectivity index (χ0n) is 10.5. The van der Waals surface area contributed by atoms with Crippen molar-refractivity contribution in [3.63, 3.8) is 0 Å². The highest BCUT2D eigenvalue weighted by Crippen LogP contribution is 2.28. The number of hydrogen-bond acceptors (Lipinski definition) is 6. The van der Waals surface area contributed by atoms with Gasteiger partial charge in [-0.05, 0) is 34.2 Å². The Bertz CT molecular complexity index is 677. The lowest BCUT2D eigenvalue weighted by molar-refractivity contribution is -0.132. The van der Waals surface area contributed by atoms with Crippen molar-refractivity contribution in [3.8, 4) is 5.75 Å². The van der Waals surface area contributed by atoms with E-state index in [-0.39, 0.29) is 11.7 Å². The number of carboxylic acids is 1. The van der Waals surface area contributed by atoms with Crippen molar-refractivity contribution < 1.29 is 14.6 Å². The lowest BCUT2D eigenvalue weighted by atomic mass is 10.0. The van der Waals surface area contributed by atoms with E-state index in [0.717, 1.165) is 11.3 Å². The van der Waals surface area contributed by atoms with E-state index in [4.69, 9.17) is 9.84 Å². The molecule has 0 bridgehead atoms. The summed E-state index contributed by atoms with van der Waals surface area (Å²) in [4.78, 5) is 11.1. The number of carboxylic acid groups (broad SMARTS) is 1. The lowest BCUT2D eigenvalue weighted by Crippen LogP contribution is -2.24. The van der Waals surface area contributed by atoms with Crippen molar-refractivity contribution in [2.24, 2.45) is 0 Å². The molecule has 0 aliphatic carbocycles. The Morgan fingerprint density at radius 1 is 1.40 bits per heavy atom. The van der Waals surface area contributed by atoms with Crippen LogP contribution in [0.5, 0.6) is 5.75 Å². The van der Waals surface area contributed by atoms with E-state index in [2.05, 4.69) is 20.8 Å². The summed E-state index contributed by atoms with van der Waals surface area (Å²) < 4.78 is 6.62. The Kier molecular flexibility index (Phi) is 2.82. The van der Waals surface area contributed by atoms with Gasteiger partial charge in [0.2, 0.25) is 5.95 Å². The zero-order chi connectivity index (χ0) is 14.1. The molecule has 3 rings (SSSR count). The van der Waals surface area contributed by atoms with Crippen LogP contribution < -0.4 is 10.1 Å². The Balaban J connectivity index is 2.04.